The Bertz CT molecular complexity index is 1090. The molecule has 3 aromatic heterocycles. The standard InChI is InChI=1S/C14H13F3N5O2S.2ClH.Li.Zn/c1-4-25(23,24)13-11(19-7-21(13)2)12-20-8-5-10(14(15,16)17)18-6-9(8)22(12)3;;;;/h5-6H,4H2,1-3H3;2*1H;;/q-1;;;+1;+2/p-2. The SMILES string of the molecule is CCS(=O)(=O)c1c(-c2nc3cc(C(F)(F)F)ncc3n2C)n[c-]n1C.[Cl-].[Cl][Zn+].[Li+]. The van der Waals surface area contributed by atoms with Crippen LogP contribution in [0.5, 0.6) is 0 Å². The normalized spacial score (nSPS) is 11.3. The second-order valence-corrected chi connectivity index (χ2v) is 7.57. The van der Waals surface area contributed by atoms with Gasteiger partial charge in [-0.15, -0.1) is 0 Å². The number of pyridine rings is 1. The molecule has 15 heteroatoms. The first kappa shape index (κ1) is 28.4. The molecule has 150 valence electrons. The first-order valence-electron chi connectivity index (χ1n) is 7.40. The molecule has 7 nitrogen and oxygen atoms in total. The minimum Gasteiger partial charge on any atom is 1.00 e. The Morgan fingerprint density at radius 2 is 1.86 bits per heavy atom. The smallest absolute Gasteiger partial charge is 1.00 e. The Balaban J connectivity index is 0.00000190. The molecule has 3 rings (SSSR count). The Labute approximate surface area is 197 Å². The van der Waals surface area contributed by atoms with Gasteiger partial charge in [0.05, 0.1) is 23.1 Å². The fourth-order valence-corrected chi connectivity index (χ4v) is 3.63. The first-order chi connectivity index (χ1) is 12.6. The van der Waals surface area contributed by atoms with E-state index in [-0.39, 0.29) is 59.1 Å². The van der Waals surface area contributed by atoms with Gasteiger partial charge in [-0.2, -0.15) is 13.2 Å². The molecule has 0 aliphatic rings. The van der Waals surface area contributed by atoms with Crippen LogP contribution in [0.4, 0.5) is 13.2 Å². The van der Waals surface area contributed by atoms with E-state index in [2.05, 4.69) is 21.3 Å². The first-order valence-corrected chi connectivity index (χ1v) is 12.9. The Kier molecular flexibility index (Phi) is 10.4. The number of fused-ring (bicyclic) bond motifs is 1. The maximum atomic E-state index is 12.8. The Hall–Kier alpha value is -0.629. The van der Waals surface area contributed by atoms with Gasteiger partial charge in [-0.25, -0.2) is 18.4 Å². The van der Waals surface area contributed by atoms with Crippen LogP contribution >= 0.6 is 9.69 Å². The van der Waals surface area contributed by atoms with Gasteiger partial charge in [-0.1, -0.05) is 6.92 Å². The molecule has 0 spiro atoms. The summed E-state index contributed by atoms with van der Waals surface area (Å²) in [7, 11) is 4.16. The van der Waals surface area contributed by atoms with Crippen molar-refractivity contribution >= 4 is 30.6 Å². The van der Waals surface area contributed by atoms with Crippen molar-refractivity contribution < 1.29 is 70.2 Å². The van der Waals surface area contributed by atoms with Crippen LogP contribution < -0.4 is 31.3 Å². The molecule has 29 heavy (non-hydrogen) atoms. The minimum absolute atomic E-state index is 0. The second kappa shape index (κ2) is 10.6. The number of aryl methyl sites for hydroxylation is 2. The van der Waals surface area contributed by atoms with Gasteiger partial charge in [0.25, 0.3) is 0 Å². The van der Waals surface area contributed by atoms with E-state index >= 15 is 0 Å². The van der Waals surface area contributed by atoms with Crippen LogP contribution in [0, 0.1) is 6.33 Å². The van der Waals surface area contributed by atoms with Crippen molar-refractivity contribution in [2.45, 2.75) is 18.1 Å². The molecular weight excluding hydrogens is 502 g/mol. The maximum absolute atomic E-state index is 12.8. The molecule has 0 aliphatic heterocycles. The van der Waals surface area contributed by atoms with Gasteiger partial charge in [0.2, 0.25) is 0 Å². The van der Waals surface area contributed by atoms with Crippen molar-refractivity contribution in [1.29, 1.82) is 0 Å². The summed E-state index contributed by atoms with van der Waals surface area (Å²) < 4.78 is 65.8. The number of hydrogen-bond acceptors (Lipinski definition) is 5. The van der Waals surface area contributed by atoms with Gasteiger partial charge in [-0.05, 0) is 18.8 Å². The van der Waals surface area contributed by atoms with E-state index in [1.165, 1.54) is 23.1 Å². The fourth-order valence-electron chi connectivity index (χ4n) is 2.47. The fraction of sp³-hybridized carbons (Fsp3) is 0.357. The molecule has 0 amide bonds. The molecule has 0 saturated carbocycles. The van der Waals surface area contributed by atoms with Crippen LogP contribution in [-0.4, -0.2) is 38.3 Å². The number of halogens is 5. The van der Waals surface area contributed by atoms with Gasteiger partial charge in [0.1, 0.15) is 15.5 Å². The summed E-state index contributed by atoms with van der Waals surface area (Å²) in [6, 6.07) is 0.819. The zero-order chi connectivity index (χ0) is 20.6. The average molecular weight is 516 g/mol. The number of alkyl halides is 3. The van der Waals surface area contributed by atoms with Crippen LogP contribution in [0.3, 0.4) is 0 Å². The number of sulfone groups is 1. The Morgan fingerprint density at radius 3 is 2.38 bits per heavy atom. The summed E-state index contributed by atoms with van der Waals surface area (Å²) in [6.07, 6.45) is -1.02. The molecule has 0 fully saturated rings. The van der Waals surface area contributed by atoms with Gasteiger partial charge < -0.3 is 26.5 Å². The molecule has 0 saturated heterocycles. The summed E-state index contributed by atoms with van der Waals surface area (Å²) in [5.41, 5.74) is -0.658. The summed E-state index contributed by atoms with van der Waals surface area (Å²) in [5, 5.41) is -0.0857. The maximum Gasteiger partial charge on any atom is 1.00 e. The largest absolute Gasteiger partial charge is 1.00 e. The molecule has 0 unspecified atom stereocenters. The van der Waals surface area contributed by atoms with Crippen molar-refractivity contribution in [3.63, 3.8) is 0 Å². The third kappa shape index (κ3) is 5.54. The summed E-state index contributed by atoms with van der Waals surface area (Å²) >= 11 is 0.847. The van der Waals surface area contributed by atoms with Crippen LogP contribution in [-0.2, 0) is 47.4 Å². The number of nitrogens with zero attached hydrogens (tertiary/aromatic N) is 5. The quantitative estimate of drug-likeness (QED) is 0.269. The van der Waals surface area contributed by atoms with Gasteiger partial charge >= 0.3 is 52.0 Å². The Morgan fingerprint density at radius 1 is 1.28 bits per heavy atom. The molecule has 0 N–H and O–H groups in total. The number of aromatic nitrogens is 5. The molecule has 0 bridgehead atoms. The van der Waals surface area contributed by atoms with E-state index in [4.69, 9.17) is 9.69 Å². The van der Waals surface area contributed by atoms with Crippen molar-refractivity contribution in [1.82, 2.24) is 24.1 Å². The zero-order valence-corrected chi connectivity index (χ0v) is 21.2. The van der Waals surface area contributed by atoms with Crippen molar-refractivity contribution in [2.75, 3.05) is 5.75 Å². The van der Waals surface area contributed by atoms with Crippen LogP contribution in [0.25, 0.3) is 22.6 Å². The van der Waals surface area contributed by atoms with Crippen molar-refractivity contribution in [2.24, 2.45) is 14.1 Å². The summed E-state index contributed by atoms with van der Waals surface area (Å²) in [5.74, 6) is -0.0307. The van der Waals surface area contributed by atoms with Gasteiger partial charge in [-0.3, -0.25) is 0 Å². The topological polar surface area (TPSA) is 82.7 Å². The number of hydrogen-bond donors (Lipinski definition) is 0. The molecule has 0 radical (unpaired) electrons. The van der Waals surface area contributed by atoms with Gasteiger partial charge in [0.15, 0.2) is 0 Å². The van der Waals surface area contributed by atoms with E-state index in [0.717, 1.165) is 29.6 Å². The van der Waals surface area contributed by atoms with Crippen molar-refractivity contribution in [3.8, 4) is 11.5 Å². The third-order valence-electron chi connectivity index (χ3n) is 3.76. The van der Waals surface area contributed by atoms with E-state index in [1.54, 1.807) is 7.05 Å². The molecule has 0 aliphatic carbocycles. The van der Waals surface area contributed by atoms with Gasteiger partial charge in [0, 0.05) is 24.2 Å². The van der Waals surface area contributed by atoms with Crippen LogP contribution in [0.1, 0.15) is 12.6 Å². The average Bonchev–Trinajstić information content (AvgIpc) is 3.16. The zero-order valence-electron chi connectivity index (χ0n) is 15.9. The second-order valence-electron chi connectivity index (χ2n) is 5.38. The molecule has 3 aromatic rings. The molecule has 0 atom stereocenters. The van der Waals surface area contributed by atoms with E-state index in [1.807, 2.05) is 0 Å². The number of imidazole rings is 2. The summed E-state index contributed by atoms with van der Waals surface area (Å²) in [4.78, 5) is 11.5. The van der Waals surface area contributed by atoms with E-state index in [0.29, 0.717) is 5.52 Å². The van der Waals surface area contributed by atoms with Crippen molar-refractivity contribution in [3.05, 3.63) is 24.3 Å². The minimum atomic E-state index is -4.60. The monoisotopic (exact) mass is 513 g/mol. The third-order valence-corrected chi connectivity index (χ3v) is 5.58. The summed E-state index contributed by atoms with van der Waals surface area (Å²) in [6.45, 7) is 1.49. The number of rotatable bonds is 3. The molecule has 0 aromatic carbocycles. The predicted octanol–water partition coefficient (Wildman–Crippen LogP) is -3.32. The van der Waals surface area contributed by atoms with E-state index in [9.17, 15) is 21.6 Å². The van der Waals surface area contributed by atoms with Crippen LogP contribution in [0.15, 0.2) is 17.3 Å². The molecule has 3 heterocycles. The van der Waals surface area contributed by atoms with E-state index < -0.39 is 21.7 Å². The van der Waals surface area contributed by atoms with Crippen LogP contribution in [0.2, 0.25) is 0 Å². The molecular formula is C14H13Cl2F3LiN5O2SZn. The predicted molar refractivity (Wildman–Crippen MR) is 88.1 cm³/mol.